The molecule has 1 N–H and O–H groups in total. The van der Waals surface area contributed by atoms with Crippen LogP contribution in [0.4, 0.5) is 18.9 Å². The fraction of sp³-hybridized carbons (Fsp3) is 0.150. The number of nitrogens with zero attached hydrogens (tertiary/aromatic N) is 2. The first-order chi connectivity index (χ1) is 13.8. The lowest BCUT2D eigenvalue weighted by atomic mass is 10.2. The number of anilines is 1. The molecule has 29 heavy (non-hydrogen) atoms. The third-order valence-electron chi connectivity index (χ3n) is 3.80. The fourth-order valence-corrected chi connectivity index (χ4v) is 3.25. The second-order valence-corrected chi connectivity index (χ2v) is 7.07. The first kappa shape index (κ1) is 20.7. The molecule has 0 unspecified atom stereocenters. The fourth-order valence-electron chi connectivity index (χ4n) is 2.48. The van der Waals surface area contributed by atoms with Gasteiger partial charge in [0.05, 0.1) is 18.0 Å². The molecule has 0 bridgehead atoms. The number of rotatable bonds is 6. The lowest BCUT2D eigenvalue weighted by molar-refractivity contribution is -0.105. The Kier molecular flexibility index (Phi) is 6.38. The zero-order valence-electron chi connectivity index (χ0n) is 15.0. The maximum Gasteiger partial charge on any atom is 0.398 e. The van der Waals surface area contributed by atoms with Gasteiger partial charge >= 0.3 is 6.18 Å². The van der Waals surface area contributed by atoms with E-state index in [1.54, 1.807) is 12.1 Å². The average Bonchev–Trinajstić information content (AvgIpc) is 2.69. The zero-order valence-corrected chi connectivity index (χ0v) is 15.8. The molecular weight excluding hydrogens is 403 g/mol. The molecule has 0 fully saturated rings. The van der Waals surface area contributed by atoms with E-state index in [-0.39, 0.29) is 28.4 Å². The van der Waals surface area contributed by atoms with Crippen LogP contribution in [0, 0.1) is 0 Å². The molecule has 1 aromatic heterocycles. The molecule has 3 aromatic rings. The van der Waals surface area contributed by atoms with Gasteiger partial charge in [-0.2, -0.15) is 18.3 Å². The van der Waals surface area contributed by atoms with Gasteiger partial charge in [-0.15, -0.1) is 11.8 Å². The molecule has 150 valence electrons. The number of halogens is 3. The van der Waals surface area contributed by atoms with Crippen LogP contribution in [0.1, 0.15) is 16.1 Å². The Morgan fingerprint density at radius 3 is 2.41 bits per heavy atom. The van der Waals surface area contributed by atoms with E-state index in [1.807, 2.05) is 30.3 Å². The normalized spacial score (nSPS) is 11.3. The Balaban J connectivity index is 1.78. The Morgan fingerprint density at radius 2 is 1.69 bits per heavy atom. The summed E-state index contributed by atoms with van der Waals surface area (Å²) < 4.78 is 38.7. The summed E-state index contributed by atoms with van der Waals surface area (Å²) in [5.41, 5.74) is 0.700. The topological polar surface area (TPSA) is 64.0 Å². The van der Waals surface area contributed by atoms with Crippen LogP contribution in [-0.2, 0) is 6.54 Å². The SMILES string of the molecule is O=C(Nc1ccccc1SCC(F)(F)F)c1ccc(=O)n(Cc2ccccc2)n1. The molecule has 9 heteroatoms. The number of alkyl halides is 3. The third-order valence-corrected chi connectivity index (χ3v) is 4.94. The van der Waals surface area contributed by atoms with Gasteiger partial charge in [-0.05, 0) is 23.8 Å². The van der Waals surface area contributed by atoms with Crippen molar-refractivity contribution in [2.75, 3.05) is 11.1 Å². The summed E-state index contributed by atoms with van der Waals surface area (Å²) in [5, 5.41) is 6.65. The van der Waals surface area contributed by atoms with Crippen LogP contribution in [0.15, 0.2) is 76.4 Å². The molecule has 1 heterocycles. The van der Waals surface area contributed by atoms with Gasteiger partial charge in [-0.3, -0.25) is 9.59 Å². The monoisotopic (exact) mass is 419 g/mol. The van der Waals surface area contributed by atoms with Gasteiger partial charge in [0.25, 0.3) is 11.5 Å². The summed E-state index contributed by atoms with van der Waals surface area (Å²) in [4.78, 5) is 24.9. The number of hydrogen-bond acceptors (Lipinski definition) is 4. The summed E-state index contributed by atoms with van der Waals surface area (Å²) in [6.07, 6.45) is -4.32. The van der Waals surface area contributed by atoms with E-state index < -0.39 is 17.8 Å². The van der Waals surface area contributed by atoms with Crippen molar-refractivity contribution in [2.45, 2.75) is 17.6 Å². The first-order valence-electron chi connectivity index (χ1n) is 8.54. The number of hydrogen-bond donors (Lipinski definition) is 1. The van der Waals surface area contributed by atoms with Gasteiger partial charge in [-0.25, -0.2) is 4.68 Å². The van der Waals surface area contributed by atoms with Crippen molar-refractivity contribution in [3.8, 4) is 0 Å². The van der Waals surface area contributed by atoms with Gasteiger partial charge in [0.15, 0.2) is 0 Å². The number of carbonyl (C=O) groups excluding carboxylic acids is 1. The van der Waals surface area contributed by atoms with Crippen LogP contribution in [0.5, 0.6) is 0 Å². The van der Waals surface area contributed by atoms with Gasteiger partial charge in [0.2, 0.25) is 0 Å². The summed E-state index contributed by atoms with van der Waals surface area (Å²) >= 11 is 0.583. The lowest BCUT2D eigenvalue weighted by Crippen LogP contribution is -2.26. The van der Waals surface area contributed by atoms with E-state index in [1.165, 1.54) is 24.3 Å². The largest absolute Gasteiger partial charge is 0.398 e. The van der Waals surface area contributed by atoms with Crippen LogP contribution in [-0.4, -0.2) is 27.6 Å². The van der Waals surface area contributed by atoms with Crippen molar-refractivity contribution < 1.29 is 18.0 Å². The van der Waals surface area contributed by atoms with Crippen LogP contribution >= 0.6 is 11.8 Å². The molecule has 1 amide bonds. The smallest absolute Gasteiger partial charge is 0.320 e. The highest BCUT2D eigenvalue weighted by Crippen LogP contribution is 2.32. The van der Waals surface area contributed by atoms with Crippen LogP contribution < -0.4 is 10.9 Å². The number of aromatic nitrogens is 2. The number of carbonyl (C=O) groups is 1. The molecule has 0 radical (unpaired) electrons. The number of nitrogens with one attached hydrogen (secondary N) is 1. The second kappa shape index (κ2) is 8.95. The van der Waals surface area contributed by atoms with Gasteiger partial charge in [0.1, 0.15) is 5.69 Å². The van der Waals surface area contributed by atoms with Gasteiger partial charge in [0, 0.05) is 11.0 Å². The van der Waals surface area contributed by atoms with Gasteiger partial charge < -0.3 is 5.32 Å². The summed E-state index contributed by atoms with van der Waals surface area (Å²) in [5.74, 6) is -1.69. The van der Waals surface area contributed by atoms with Crippen molar-refractivity contribution in [1.29, 1.82) is 0 Å². The zero-order chi connectivity index (χ0) is 20.9. The van der Waals surface area contributed by atoms with Crippen LogP contribution in [0.3, 0.4) is 0 Å². The minimum Gasteiger partial charge on any atom is -0.320 e. The number of benzene rings is 2. The van der Waals surface area contributed by atoms with E-state index in [0.717, 1.165) is 10.2 Å². The molecule has 0 spiro atoms. The minimum atomic E-state index is -4.32. The standard InChI is InChI=1S/C20H16F3N3O2S/c21-20(22,23)13-29-17-9-5-4-8-15(17)24-19(28)16-10-11-18(27)26(25-16)12-14-6-2-1-3-7-14/h1-11H,12-13H2,(H,24,28). The van der Waals surface area contributed by atoms with Crippen LogP contribution in [0.2, 0.25) is 0 Å². The molecule has 2 aromatic carbocycles. The quantitative estimate of drug-likeness (QED) is 0.609. The molecule has 0 saturated heterocycles. The Labute approximate surface area is 168 Å². The van der Waals surface area contributed by atoms with E-state index in [0.29, 0.717) is 11.8 Å². The van der Waals surface area contributed by atoms with Crippen molar-refractivity contribution >= 4 is 23.4 Å². The van der Waals surface area contributed by atoms with E-state index in [9.17, 15) is 22.8 Å². The molecule has 0 aliphatic rings. The molecule has 0 aliphatic heterocycles. The molecule has 0 aliphatic carbocycles. The minimum absolute atomic E-state index is 0.0174. The number of thioether (sulfide) groups is 1. The second-order valence-electron chi connectivity index (χ2n) is 6.05. The van der Waals surface area contributed by atoms with E-state index >= 15 is 0 Å². The number of para-hydroxylation sites is 1. The maximum absolute atomic E-state index is 12.6. The first-order valence-corrected chi connectivity index (χ1v) is 9.52. The van der Waals surface area contributed by atoms with Crippen molar-refractivity contribution in [3.05, 3.63) is 88.3 Å². The Hall–Kier alpha value is -3.07. The van der Waals surface area contributed by atoms with Crippen LogP contribution in [0.25, 0.3) is 0 Å². The van der Waals surface area contributed by atoms with E-state index in [2.05, 4.69) is 10.4 Å². The molecule has 0 atom stereocenters. The van der Waals surface area contributed by atoms with Crippen molar-refractivity contribution in [3.63, 3.8) is 0 Å². The van der Waals surface area contributed by atoms with Crippen molar-refractivity contribution in [2.24, 2.45) is 0 Å². The highest BCUT2D eigenvalue weighted by Gasteiger charge is 2.27. The summed E-state index contributed by atoms with van der Waals surface area (Å²) in [6, 6.07) is 17.9. The van der Waals surface area contributed by atoms with E-state index in [4.69, 9.17) is 0 Å². The lowest BCUT2D eigenvalue weighted by Gasteiger charge is -2.12. The molecule has 3 rings (SSSR count). The highest BCUT2D eigenvalue weighted by atomic mass is 32.2. The molecular formula is C20H16F3N3O2S. The summed E-state index contributed by atoms with van der Waals surface area (Å²) in [6.45, 7) is 0.193. The third kappa shape index (κ3) is 5.95. The summed E-state index contributed by atoms with van der Waals surface area (Å²) in [7, 11) is 0. The molecule has 5 nitrogen and oxygen atoms in total. The predicted octanol–water partition coefficient (Wildman–Crippen LogP) is 4.20. The predicted molar refractivity (Wildman–Crippen MR) is 105 cm³/mol. The number of amides is 1. The Morgan fingerprint density at radius 1 is 1.00 bits per heavy atom. The van der Waals surface area contributed by atoms with Gasteiger partial charge in [-0.1, -0.05) is 42.5 Å². The maximum atomic E-state index is 12.6. The Bertz CT molecular complexity index is 1050. The van der Waals surface area contributed by atoms with Crippen molar-refractivity contribution in [1.82, 2.24) is 9.78 Å². The highest BCUT2D eigenvalue weighted by molar-refractivity contribution is 7.99. The molecule has 0 saturated carbocycles. The average molecular weight is 419 g/mol.